The Morgan fingerprint density at radius 3 is 2.60 bits per heavy atom. The fourth-order valence-corrected chi connectivity index (χ4v) is 4.12. The average molecular weight is 377 g/mol. The first-order chi connectivity index (χ1) is 11.9. The molecule has 1 N–H and O–H groups in total. The molecule has 0 bridgehead atoms. The molecule has 3 rings (SSSR count). The summed E-state index contributed by atoms with van der Waals surface area (Å²) < 4.78 is 1.57. The fraction of sp³-hybridized carbons (Fsp3) is 0.278. The van der Waals surface area contributed by atoms with Crippen LogP contribution in [0.5, 0.6) is 0 Å². The van der Waals surface area contributed by atoms with Crippen molar-refractivity contribution in [3.8, 4) is 11.1 Å². The van der Waals surface area contributed by atoms with Crippen LogP contribution in [0, 0.1) is 13.8 Å². The average Bonchev–Trinajstić information content (AvgIpc) is 2.87. The largest absolute Gasteiger partial charge is 0.481 e. The SMILES string of the molecule is Cc1sc2nc(C)n(CCCC(=O)O)c(=O)c2c1-c1ccc(Cl)cc1. The third-order valence-corrected chi connectivity index (χ3v) is 5.33. The molecule has 0 saturated heterocycles. The topological polar surface area (TPSA) is 72.2 Å². The first-order valence-corrected chi connectivity index (χ1v) is 9.06. The summed E-state index contributed by atoms with van der Waals surface area (Å²) in [5.74, 6) is -0.264. The normalized spacial score (nSPS) is 11.2. The first-order valence-electron chi connectivity index (χ1n) is 7.86. The van der Waals surface area contributed by atoms with E-state index in [0.29, 0.717) is 34.0 Å². The summed E-state index contributed by atoms with van der Waals surface area (Å²) in [6.45, 7) is 4.09. The Morgan fingerprint density at radius 2 is 1.96 bits per heavy atom. The summed E-state index contributed by atoms with van der Waals surface area (Å²) in [6.07, 6.45) is 0.416. The van der Waals surface area contributed by atoms with E-state index >= 15 is 0 Å². The molecule has 5 nitrogen and oxygen atoms in total. The number of carboxylic acid groups (broad SMARTS) is 1. The monoisotopic (exact) mass is 376 g/mol. The summed E-state index contributed by atoms with van der Waals surface area (Å²) in [5.41, 5.74) is 1.68. The van der Waals surface area contributed by atoms with Crippen molar-refractivity contribution in [2.45, 2.75) is 33.2 Å². The van der Waals surface area contributed by atoms with E-state index < -0.39 is 5.97 Å². The zero-order chi connectivity index (χ0) is 18.1. The molecule has 0 saturated carbocycles. The molecule has 25 heavy (non-hydrogen) atoms. The van der Waals surface area contributed by atoms with E-state index in [1.807, 2.05) is 19.1 Å². The lowest BCUT2D eigenvalue weighted by Gasteiger charge is -2.09. The Morgan fingerprint density at radius 1 is 1.28 bits per heavy atom. The van der Waals surface area contributed by atoms with Crippen LogP contribution in [0.15, 0.2) is 29.1 Å². The molecule has 0 aliphatic carbocycles. The van der Waals surface area contributed by atoms with Gasteiger partial charge in [-0.2, -0.15) is 0 Å². The number of hydrogen-bond acceptors (Lipinski definition) is 4. The molecule has 0 radical (unpaired) electrons. The van der Waals surface area contributed by atoms with E-state index in [1.54, 1.807) is 23.6 Å². The van der Waals surface area contributed by atoms with Gasteiger partial charge in [0.05, 0.1) is 5.39 Å². The van der Waals surface area contributed by atoms with Crippen molar-refractivity contribution in [3.05, 3.63) is 50.3 Å². The van der Waals surface area contributed by atoms with Crippen LogP contribution < -0.4 is 5.56 Å². The lowest BCUT2D eigenvalue weighted by atomic mass is 10.0. The number of rotatable bonds is 5. The molecule has 0 atom stereocenters. The molecule has 2 aromatic heterocycles. The second-order valence-corrected chi connectivity index (χ2v) is 7.47. The van der Waals surface area contributed by atoms with Crippen LogP contribution in [-0.2, 0) is 11.3 Å². The highest BCUT2D eigenvalue weighted by molar-refractivity contribution is 7.19. The molecule has 0 amide bonds. The molecule has 130 valence electrons. The minimum absolute atomic E-state index is 0.0244. The molecule has 0 aliphatic heterocycles. The lowest BCUT2D eigenvalue weighted by molar-refractivity contribution is -0.137. The maximum absolute atomic E-state index is 13.1. The second-order valence-electron chi connectivity index (χ2n) is 5.83. The van der Waals surface area contributed by atoms with Gasteiger partial charge in [0, 0.05) is 28.4 Å². The van der Waals surface area contributed by atoms with E-state index in [-0.39, 0.29) is 12.0 Å². The van der Waals surface area contributed by atoms with Gasteiger partial charge in [0.15, 0.2) is 0 Å². The number of aromatic nitrogens is 2. The summed E-state index contributed by atoms with van der Waals surface area (Å²) in [4.78, 5) is 30.1. The molecule has 0 unspecified atom stereocenters. The highest BCUT2D eigenvalue weighted by Crippen LogP contribution is 2.36. The molecule has 0 spiro atoms. The van der Waals surface area contributed by atoms with Crippen LogP contribution in [0.4, 0.5) is 0 Å². The van der Waals surface area contributed by atoms with Crippen LogP contribution in [0.2, 0.25) is 5.02 Å². The van der Waals surface area contributed by atoms with E-state index in [9.17, 15) is 9.59 Å². The lowest BCUT2D eigenvalue weighted by Crippen LogP contribution is -2.24. The number of halogens is 1. The Kier molecular flexibility index (Phi) is 4.92. The number of aliphatic carboxylic acids is 1. The number of aryl methyl sites for hydroxylation is 2. The zero-order valence-corrected chi connectivity index (χ0v) is 15.4. The molecule has 1 aromatic carbocycles. The van der Waals surface area contributed by atoms with Crippen LogP contribution in [0.25, 0.3) is 21.3 Å². The third-order valence-electron chi connectivity index (χ3n) is 4.08. The van der Waals surface area contributed by atoms with Gasteiger partial charge >= 0.3 is 5.97 Å². The van der Waals surface area contributed by atoms with Crippen LogP contribution in [-0.4, -0.2) is 20.6 Å². The Balaban J connectivity index is 2.15. The summed E-state index contributed by atoms with van der Waals surface area (Å²) in [7, 11) is 0. The van der Waals surface area contributed by atoms with Crippen molar-refractivity contribution in [1.82, 2.24) is 9.55 Å². The second kappa shape index (κ2) is 6.98. The van der Waals surface area contributed by atoms with Gasteiger partial charge in [-0.3, -0.25) is 14.2 Å². The van der Waals surface area contributed by atoms with Crippen LogP contribution >= 0.6 is 22.9 Å². The molecule has 0 aliphatic rings. The van der Waals surface area contributed by atoms with Crippen molar-refractivity contribution < 1.29 is 9.90 Å². The number of thiophene rings is 1. The van der Waals surface area contributed by atoms with Gasteiger partial charge in [-0.15, -0.1) is 11.3 Å². The van der Waals surface area contributed by atoms with E-state index in [1.165, 1.54) is 11.3 Å². The molecule has 3 aromatic rings. The number of fused-ring (bicyclic) bond motifs is 1. The van der Waals surface area contributed by atoms with Gasteiger partial charge in [0.2, 0.25) is 0 Å². The first kappa shape index (κ1) is 17.6. The molecular formula is C18H17ClN2O3S. The number of carboxylic acids is 1. The summed E-state index contributed by atoms with van der Waals surface area (Å²) in [5, 5.41) is 10.0. The summed E-state index contributed by atoms with van der Waals surface area (Å²) >= 11 is 7.46. The summed E-state index contributed by atoms with van der Waals surface area (Å²) in [6, 6.07) is 7.38. The smallest absolute Gasteiger partial charge is 0.303 e. The maximum Gasteiger partial charge on any atom is 0.303 e. The fourth-order valence-electron chi connectivity index (χ4n) is 2.91. The Labute approximate surface area is 153 Å². The van der Waals surface area contributed by atoms with Crippen LogP contribution in [0.1, 0.15) is 23.5 Å². The van der Waals surface area contributed by atoms with Crippen molar-refractivity contribution in [3.63, 3.8) is 0 Å². The Bertz CT molecular complexity index is 1010. The van der Waals surface area contributed by atoms with Crippen molar-refractivity contribution in [2.75, 3.05) is 0 Å². The van der Waals surface area contributed by atoms with E-state index in [0.717, 1.165) is 16.0 Å². The minimum Gasteiger partial charge on any atom is -0.481 e. The number of benzene rings is 1. The van der Waals surface area contributed by atoms with Gasteiger partial charge in [0.1, 0.15) is 10.7 Å². The zero-order valence-electron chi connectivity index (χ0n) is 13.9. The van der Waals surface area contributed by atoms with Gasteiger partial charge in [0.25, 0.3) is 5.56 Å². The van der Waals surface area contributed by atoms with Gasteiger partial charge in [-0.25, -0.2) is 4.98 Å². The number of nitrogens with zero attached hydrogens (tertiary/aromatic N) is 2. The number of carbonyl (C=O) groups is 1. The molecular weight excluding hydrogens is 360 g/mol. The van der Waals surface area contributed by atoms with Crippen molar-refractivity contribution >= 4 is 39.1 Å². The van der Waals surface area contributed by atoms with Gasteiger partial charge in [-0.1, -0.05) is 23.7 Å². The number of hydrogen-bond donors (Lipinski definition) is 1. The molecule has 2 heterocycles. The van der Waals surface area contributed by atoms with E-state index in [2.05, 4.69) is 4.98 Å². The van der Waals surface area contributed by atoms with Crippen molar-refractivity contribution in [1.29, 1.82) is 0 Å². The van der Waals surface area contributed by atoms with Gasteiger partial charge < -0.3 is 5.11 Å². The third kappa shape index (κ3) is 3.45. The predicted molar refractivity (Wildman–Crippen MR) is 101 cm³/mol. The molecule has 0 fully saturated rings. The Hall–Kier alpha value is -2.18. The van der Waals surface area contributed by atoms with Crippen molar-refractivity contribution in [2.24, 2.45) is 0 Å². The molecule has 7 heteroatoms. The highest BCUT2D eigenvalue weighted by Gasteiger charge is 2.18. The maximum atomic E-state index is 13.1. The van der Waals surface area contributed by atoms with Gasteiger partial charge in [-0.05, 0) is 38.0 Å². The van der Waals surface area contributed by atoms with Crippen LogP contribution in [0.3, 0.4) is 0 Å². The quantitative estimate of drug-likeness (QED) is 0.722. The van der Waals surface area contributed by atoms with E-state index in [4.69, 9.17) is 16.7 Å². The minimum atomic E-state index is -0.868. The highest BCUT2D eigenvalue weighted by atomic mass is 35.5. The standard InChI is InChI=1S/C18H17ClN2O3S/c1-10-15(12-5-7-13(19)8-6-12)16-17(25-10)20-11(2)21(18(16)24)9-3-4-14(22)23/h5-8H,3-4,9H2,1-2H3,(H,22,23). The predicted octanol–water partition coefficient (Wildman–Crippen LogP) is 4.26.